The third-order valence-electron chi connectivity index (χ3n) is 5.95. The zero-order chi connectivity index (χ0) is 25.7. The van der Waals surface area contributed by atoms with Gasteiger partial charge in [-0.25, -0.2) is 9.97 Å². The Labute approximate surface area is 210 Å². The van der Waals surface area contributed by atoms with Gasteiger partial charge < -0.3 is 15.0 Å². The van der Waals surface area contributed by atoms with Gasteiger partial charge >= 0.3 is 0 Å². The van der Waals surface area contributed by atoms with Crippen LogP contribution < -0.4 is 19.9 Å². The van der Waals surface area contributed by atoms with Gasteiger partial charge in [0.05, 0.1) is 24.7 Å². The van der Waals surface area contributed by atoms with Crippen LogP contribution in [0.4, 0.5) is 28.8 Å². The first-order valence-electron chi connectivity index (χ1n) is 11.5. The second-order valence-electron chi connectivity index (χ2n) is 8.50. The van der Waals surface area contributed by atoms with Crippen LogP contribution in [0.25, 0.3) is 0 Å². The maximum Gasteiger partial charge on any atom is 0.247 e. The molecule has 2 aromatic heterocycles. The number of aromatic nitrogens is 3. The van der Waals surface area contributed by atoms with Crippen LogP contribution in [-0.2, 0) is 16.1 Å². The normalized spacial score (nSPS) is 12.7. The molecule has 4 rings (SSSR count). The number of amides is 2. The molecule has 1 fully saturated rings. The van der Waals surface area contributed by atoms with Gasteiger partial charge in [0.15, 0.2) is 0 Å². The molecule has 10 heteroatoms. The van der Waals surface area contributed by atoms with Crippen LogP contribution >= 0.6 is 0 Å². The Bertz CT molecular complexity index is 1240. The number of anilines is 5. The zero-order valence-corrected chi connectivity index (χ0v) is 20.6. The molecule has 0 radical (unpaired) electrons. The molecule has 0 spiro atoms. The molecular weight excluding hydrogens is 458 g/mol. The Hall–Kier alpha value is -4.31. The smallest absolute Gasteiger partial charge is 0.247 e. The lowest BCUT2D eigenvalue weighted by molar-refractivity contribution is -0.112. The van der Waals surface area contributed by atoms with Crippen LogP contribution in [0.5, 0.6) is 5.88 Å². The summed E-state index contributed by atoms with van der Waals surface area (Å²) in [5.74, 6) is 1.03. The Kier molecular flexibility index (Phi) is 7.55. The highest BCUT2D eigenvalue weighted by Gasteiger charge is 2.28. The van der Waals surface area contributed by atoms with Crippen LogP contribution in [0.1, 0.15) is 18.4 Å². The third kappa shape index (κ3) is 5.66. The maximum atomic E-state index is 12.4. The maximum absolute atomic E-state index is 12.4. The van der Waals surface area contributed by atoms with Gasteiger partial charge in [-0.1, -0.05) is 12.6 Å². The quantitative estimate of drug-likeness (QED) is 0.323. The van der Waals surface area contributed by atoms with Crippen molar-refractivity contribution in [1.29, 1.82) is 0 Å². The molecule has 0 unspecified atom stereocenters. The Morgan fingerprint density at radius 3 is 2.61 bits per heavy atom. The average Bonchev–Trinajstić information content (AvgIpc) is 3.75. The number of carbonyl (C=O) groups excluding carboxylic acids is 2. The fourth-order valence-electron chi connectivity index (χ4n) is 3.75. The van der Waals surface area contributed by atoms with Crippen LogP contribution in [-0.4, -0.2) is 59.4 Å². The first-order valence-corrected chi connectivity index (χ1v) is 11.5. The van der Waals surface area contributed by atoms with Gasteiger partial charge in [0.25, 0.3) is 0 Å². The fourth-order valence-corrected chi connectivity index (χ4v) is 3.75. The third-order valence-corrected chi connectivity index (χ3v) is 5.95. The van der Waals surface area contributed by atoms with Crippen molar-refractivity contribution in [3.63, 3.8) is 0 Å². The molecular formula is C26H29N7O3. The number of methoxy groups -OCH3 is 1. The van der Waals surface area contributed by atoms with E-state index < -0.39 is 0 Å². The first kappa shape index (κ1) is 24.8. The topological polar surface area (TPSA) is 104 Å². The summed E-state index contributed by atoms with van der Waals surface area (Å²) >= 11 is 0. The summed E-state index contributed by atoms with van der Waals surface area (Å²) < 4.78 is 5.14. The number of hydrogen-bond donors (Lipinski definition) is 1. The summed E-state index contributed by atoms with van der Waals surface area (Å²) in [5.41, 5.74) is 2.66. The van der Waals surface area contributed by atoms with Crippen molar-refractivity contribution >= 4 is 41.1 Å². The van der Waals surface area contributed by atoms with Gasteiger partial charge in [0.1, 0.15) is 5.82 Å². The first-order chi connectivity index (χ1) is 17.4. The van der Waals surface area contributed by atoms with Crippen LogP contribution in [0.3, 0.4) is 0 Å². The van der Waals surface area contributed by atoms with Crippen molar-refractivity contribution in [2.24, 2.45) is 0 Å². The van der Waals surface area contributed by atoms with E-state index in [0.717, 1.165) is 30.5 Å². The van der Waals surface area contributed by atoms with E-state index in [1.807, 2.05) is 13.1 Å². The lowest BCUT2D eigenvalue weighted by Gasteiger charge is -2.25. The van der Waals surface area contributed by atoms with E-state index >= 15 is 0 Å². The fraction of sp³-hybridized carbons (Fsp3) is 0.269. The SMILES string of the molecule is C=CC(=O)Nc1cccc(N(C=O)c2nc(N(C)c3ccc(OC)nc3)ncc2CN(C)C2CC2)c1. The highest BCUT2D eigenvalue weighted by molar-refractivity contribution is 5.99. The molecule has 0 atom stereocenters. The van der Waals surface area contributed by atoms with Crippen molar-refractivity contribution < 1.29 is 14.3 Å². The van der Waals surface area contributed by atoms with Crippen molar-refractivity contribution in [2.45, 2.75) is 25.4 Å². The van der Waals surface area contributed by atoms with Crippen molar-refractivity contribution in [2.75, 3.05) is 36.3 Å². The van der Waals surface area contributed by atoms with E-state index in [-0.39, 0.29) is 5.91 Å². The van der Waals surface area contributed by atoms with E-state index in [2.05, 4.69) is 33.8 Å². The van der Waals surface area contributed by atoms with E-state index in [9.17, 15) is 9.59 Å². The Balaban J connectivity index is 1.72. The largest absolute Gasteiger partial charge is 0.481 e. The van der Waals surface area contributed by atoms with E-state index in [4.69, 9.17) is 9.72 Å². The van der Waals surface area contributed by atoms with E-state index in [1.165, 1.54) is 11.0 Å². The molecule has 0 aliphatic heterocycles. The summed E-state index contributed by atoms with van der Waals surface area (Å²) in [4.78, 5) is 43.3. The number of benzene rings is 1. The number of ether oxygens (including phenoxy) is 1. The number of hydrogen-bond acceptors (Lipinski definition) is 8. The summed E-state index contributed by atoms with van der Waals surface area (Å²) in [6.07, 6.45) is 7.64. The molecule has 186 valence electrons. The summed E-state index contributed by atoms with van der Waals surface area (Å²) in [5, 5.41) is 2.73. The predicted octanol–water partition coefficient (Wildman–Crippen LogP) is 3.66. The number of rotatable bonds is 11. The molecule has 1 aliphatic carbocycles. The molecule has 2 amide bonds. The number of nitrogens with one attached hydrogen (secondary N) is 1. The average molecular weight is 488 g/mol. The minimum atomic E-state index is -0.337. The molecule has 2 heterocycles. The van der Waals surface area contributed by atoms with Crippen LogP contribution in [0.2, 0.25) is 0 Å². The molecule has 1 saturated carbocycles. The van der Waals surface area contributed by atoms with Gasteiger partial charge in [-0.05, 0) is 50.2 Å². The number of pyridine rings is 1. The van der Waals surface area contributed by atoms with Crippen LogP contribution in [0, 0.1) is 0 Å². The number of carbonyl (C=O) groups is 2. The van der Waals surface area contributed by atoms with Crippen molar-refractivity contribution in [1.82, 2.24) is 19.9 Å². The monoisotopic (exact) mass is 487 g/mol. The second-order valence-corrected chi connectivity index (χ2v) is 8.50. The highest BCUT2D eigenvalue weighted by Crippen LogP contribution is 2.33. The molecule has 1 N–H and O–H groups in total. The molecule has 0 saturated heterocycles. The molecule has 1 aromatic carbocycles. The zero-order valence-electron chi connectivity index (χ0n) is 20.6. The van der Waals surface area contributed by atoms with E-state index in [0.29, 0.717) is 41.6 Å². The Morgan fingerprint density at radius 1 is 1.17 bits per heavy atom. The molecule has 10 nitrogen and oxygen atoms in total. The summed E-state index contributed by atoms with van der Waals surface area (Å²) in [6, 6.07) is 11.1. The van der Waals surface area contributed by atoms with Gasteiger partial charge in [0.2, 0.25) is 24.1 Å². The van der Waals surface area contributed by atoms with Gasteiger partial charge in [0, 0.05) is 43.1 Å². The molecule has 1 aliphatic rings. The lowest BCUT2D eigenvalue weighted by Crippen LogP contribution is -2.25. The highest BCUT2D eigenvalue weighted by atomic mass is 16.5. The number of nitrogens with zero attached hydrogens (tertiary/aromatic N) is 6. The molecule has 36 heavy (non-hydrogen) atoms. The van der Waals surface area contributed by atoms with Crippen molar-refractivity contribution in [3.8, 4) is 5.88 Å². The predicted molar refractivity (Wildman–Crippen MR) is 139 cm³/mol. The molecule has 0 bridgehead atoms. The second kappa shape index (κ2) is 11.0. The summed E-state index contributed by atoms with van der Waals surface area (Å²) in [7, 11) is 5.45. The van der Waals surface area contributed by atoms with E-state index in [1.54, 1.807) is 54.7 Å². The Morgan fingerprint density at radius 2 is 1.97 bits per heavy atom. The minimum Gasteiger partial charge on any atom is -0.481 e. The van der Waals surface area contributed by atoms with Gasteiger partial charge in [-0.2, -0.15) is 4.98 Å². The minimum absolute atomic E-state index is 0.337. The van der Waals surface area contributed by atoms with Gasteiger partial charge in [-0.3, -0.25) is 19.4 Å². The standard InChI is InChI=1S/C26H29N7O3/c1-5-23(35)29-19-7-6-8-21(13-19)33(17-34)25-18(16-31(2)20-9-10-20)14-28-26(30-25)32(3)22-11-12-24(36-4)27-15-22/h5-8,11-15,17,20H,1,9-10,16H2,2-4H3,(H,29,35). The van der Waals surface area contributed by atoms with Crippen LogP contribution in [0.15, 0.2) is 61.4 Å². The van der Waals surface area contributed by atoms with Crippen molar-refractivity contribution in [3.05, 3.63) is 67.0 Å². The summed E-state index contributed by atoms with van der Waals surface area (Å²) in [6.45, 7) is 4.07. The molecule has 3 aromatic rings. The lowest BCUT2D eigenvalue weighted by atomic mass is 10.2. The van der Waals surface area contributed by atoms with Gasteiger partial charge in [-0.15, -0.1) is 0 Å².